The standard InChI is InChI=1S/C21H39N3O2S/c1-16(2)18-8-10-20(11-9-18)24-21(23-19-6-4-3-5-7-19)22-14-17-12-13-27(25,26)15-17/h16-20H,3-15H2,1-2H3,(H2,22,23,24). The number of nitrogens with one attached hydrogen (secondary N) is 2. The lowest BCUT2D eigenvalue weighted by atomic mass is 9.80. The molecular weight excluding hydrogens is 358 g/mol. The molecule has 3 rings (SSSR count). The van der Waals surface area contributed by atoms with Crippen LogP contribution >= 0.6 is 0 Å². The summed E-state index contributed by atoms with van der Waals surface area (Å²) in [4.78, 5) is 4.84. The summed E-state index contributed by atoms with van der Waals surface area (Å²) in [5, 5.41) is 7.37. The third kappa shape index (κ3) is 6.65. The predicted molar refractivity (Wildman–Crippen MR) is 113 cm³/mol. The lowest BCUT2D eigenvalue weighted by Crippen LogP contribution is -2.49. The second-order valence-electron chi connectivity index (χ2n) is 9.44. The fraction of sp³-hybridized carbons (Fsp3) is 0.952. The van der Waals surface area contributed by atoms with Gasteiger partial charge in [-0.1, -0.05) is 33.1 Å². The van der Waals surface area contributed by atoms with E-state index in [9.17, 15) is 8.42 Å². The van der Waals surface area contributed by atoms with Crippen molar-refractivity contribution in [3.8, 4) is 0 Å². The molecule has 0 spiro atoms. The molecule has 0 bridgehead atoms. The predicted octanol–water partition coefficient (Wildman–Crippen LogP) is 3.50. The molecule has 1 heterocycles. The highest BCUT2D eigenvalue weighted by Gasteiger charge is 2.28. The van der Waals surface area contributed by atoms with E-state index in [0.717, 1.165) is 24.2 Å². The van der Waals surface area contributed by atoms with Crippen LogP contribution in [0.15, 0.2) is 4.99 Å². The summed E-state index contributed by atoms with van der Waals surface area (Å²) in [6, 6.07) is 1.02. The zero-order valence-corrected chi connectivity index (χ0v) is 18.1. The summed E-state index contributed by atoms with van der Waals surface area (Å²) in [6.45, 7) is 5.31. The van der Waals surface area contributed by atoms with Crippen LogP contribution < -0.4 is 10.6 Å². The minimum absolute atomic E-state index is 0.191. The lowest BCUT2D eigenvalue weighted by molar-refractivity contribution is 0.249. The van der Waals surface area contributed by atoms with E-state index in [1.807, 2.05) is 0 Å². The highest BCUT2D eigenvalue weighted by atomic mass is 32.2. The maximum absolute atomic E-state index is 11.7. The molecule has 0 amide bonds. The molecule has 1 unspecified atom stereocenters. The Balaban J connectivity index is 1.56. The van der Waals surface area contributed by atoms with Crippen LogP contribution in [0, 0.1) is 17.8 Å². The number of guanidine groups is 1. The van der Waals surface area contributed by atoms with Crippen molar-refractivity contribution < 1.29 is 8.42 Å². The topological polar surface area (TPSA) is 70.6 Å². The second kappa shape index (κ2) is 9.62. The van der Waals surface area contributed by atoms with Gasteiger partial charge in [0.15, 0.2) is 15.8 Å². The third-order valence-corrected chi connectivity index (χ3v) is 8.67. The largest absolute Gasteiger partial charge is 0.354 e. The monoisotopic (exact) mass is 397 g/mol. The molecule has 2 aliphatic carbocycles. The minimum atomic E-state index is -2.82. The van der Waals surface area contributed by atoms with Crippen LogP contribution in [-0.2, 0) is 9.84 Å². The number of hydrogen-bond donors (Lipinski definition) is 2. The van der Waals surface area contributed by atoms with E-state index in [-0.39, 0.29) is 5.92 Å². The summed E-state index contributed by atoms with van der Waals surface area (Å²) in [5.41, 5.74) is 0. The van der Waals surface area contributed by atoms with Crippen LogP contribution in [0.4, 0.5) is 0 Å². The number of aliphatic imine (C=N–C) groups is 1. The highest BCUT2D eigenvalue weighted by Crippen LogP contribution is 2.30. The Kier molecular flexibility index (Phi) is 7.46. The van der Waals surface area contributed by atoms with Crippen molar-refractivity contribution in [2.24, 2.45) is 22.7 Å². The summed E-state index contributed by atoms with van der Waals surface area (Å²) < 4.78 is 23.5. The molecule has 2 saturated carbocycles. The molecule has 0 aromatic carbocycles. The first-order valence-corrected chi connectivity index (χ1v) is 13.0. The van der Waals surface area contributed by atoms with Gasteiger partial charge in [0.05, 0.1) is 11.5 Å². The van der Waals surface area contributed by atoms with E-state index in [0.29, 0.717) is 30.1 Å². The van der Waals surface area contributed by atoms with Gasteiger partial charge in [0.2, 0.25) is 0 Å². The Morgan fingerprint density at radius 1 is 0.926 bits per heavy atom. The first-order valence-electron chi connectivity index (χ1n) is 11.2. The average molecular weight is 398 g/mol. The van der Waals surface area contributed by atoms with E-state index in [1.165, 1.54) is 57.8 Å². The quantitative estimate of drug-likeness (QED) is 0.550. The third-order valence-electron chi connectivity index (χ3n) is 6.84. The maximum Gasteiger partial charge on any atom is 0.191 e. The van der Waals surface area contributed by atoms with Crippen molar-refractivity contribution in [3.05, 3.63) is 0 Å². The van der Waals surface area contributed by atoms with E-state index >= 15 is 0 Å². The molecule has 0 aromatic rings. The molecule has 5 nitrogen and oxygen atoms in total. The zero-order valence-electron chi connectivity index (χ0n) is 17.3. The van der Waals surface area contributed by atoms with Crippen LogP contribution in [0.25, 0.3) is 0 Å². The molecular formula is C21H39N3O2S. The first kappa shape index (κ1) is 20.9. The van der Waals surface area contributed by atoms with Gasteiger partial charge >= 0.3 is 0 Å². The molecule has 2 N–H and O–H groups in total. The lowest BCUT2D eigenvalue weighted by Gasteiger charge is -2.33. The van der Waals surface area contributed by atoms with Gasteiger partial charge < -0.3 is 10.6 Å². The number of hydrogen-bond acceptors (Lipinski definition) is 3. The van der Waals surface area contributed by atoms with Gasteiger partial charge in [0.1, 0.15) is 0 Å². The van der Waals surface area contributed by atoms with E-state index in [1.54, 1.807) is 0 Å². The van der Waals surface area contributed by atoms with Crippen molar-refractivity contribution in [2.75, 3.05) is 18.1 Å². The van der Waals surface area contributed by atoms with Crippen LogP contribution in [0.1, 0.15) is 78.1 Å². The molecule has 1 aliphatic heterocycles. The molecule has 0 radical (unpaired) electrons. The van der Waals surface area contributed by atoms with Crippen molar-refractivity contribution in [2.45, 2.75) is 90.1 Å². The zero-order chi connectivity index (χ0) is 19.3. The second-order valence-corrected chi connectivity index (χ2v) is 11.7. The molecule has 1 atom stereocenters. The first-order chi connectivity index (χ1) is 12.9. The number of nitrogens with zero attached hydrogens (tertiary/aromatic N) is 1. The Morgan fingerprint density at radius 2 is 1.56 bits per heavy atom. The highest BCUT2D eigenvalue weighted by molar-refractivity contribution is 7.91. The normalized spacial score (nSPS) is 32.6. The Hall–Kier alpha value is -0.780. The van der Waals surface area contributed by atoms with Crippen molar-refractivity contribution in [1.29, 1.82) is 0 Å². The SMILES string of the molecule is CC(C)C1CCC(NC(=NCC2CCS(=O)(=O)C2)NC2CCCCC2)CC1. The number of rotatable bonds is 5. The molecule has 156 valence electrons. The molecule has 3 aliphatic rings. The Morgan fingerprint density at radius 3 is 2.11 bits per heavy atom. The molecule has 3 fully saturated rings. The minimum Gasteiger partial charge on any atom is -0.354 e. The van der Waals surface area contributed by atoms with Gasteiger partial charge in [-0.25, -0.2) is 8.42 Å². The summed E-state index contributed by atoms with van der Waals surface area (Å²) in [7, 11) is -2.82. The van der Waals surface area contributed by atoms with Gasteiger partial charge in [-0.05, 0) is 62.7 Å². The Bertz CT molecular complexity index is 589. The molecule has 1 saturated heterocycles. The summed E-state index contributed by atoms with van der Waals surface area (Å²) in [6.07, 6.45) is 12.2. The van der Waals surface area contributed by atoms with E-state index in [4.69, 9.17) is 4.99 Å². The van der Waals surface area contributed by atoms with Gasteiger partial charge in [-0.3, -0.25) is 4.99 Å². The fourth-order valence-corrected chi connectivity index (χ4v) is 6.78. The number of sulfone groups is 1. The molecule has 27 heavy (non-hydrogen) atoms. The van der Waals surface area contributed by atoms with Crippen molar-refractivity contribution in [1.82, 2.24) is 10.6 Å². The van der Waals surface area contributed by atoms with Gasteiger partial charge in [-0.15, -0.1) is 0 Å². The van der Waals surface area contributed by atoms with Crippen LogP contribution in [0.3, 0.4) is 0 Å². The summed E-state index contributed by atoms with van der Waals surface area (Å²) in [5.74, 6) is 3.41. The van der Waals surface area contributed by atoms with Crippen LogP contribution in [0.2, 0.25) is 0 Å². The van der Waals surface area contributed by atoms with Gasteiger partial charge in [0, 0.05) is 18.6 Å². The smallest absolute Gasteiger partial charge is 0.191 e. The van der Waals surface area contributed by atoms with Gasteiger partial charge in [-0.2, -0.15) is 0 Å². The average Bonchev–Trinajstić information content (AvgIpc) is 3.00. The van der Waals surface area contributed by atoms with Crippen molar-refractivity contribution in [3.63, 3.8) is 0 Å². The van der Waals surface area contributed by atoms with E-state index in [2.05, 4.69) is 24.5 Å². The van der Waals surface area contributed by atoms with E-state index < -0.39 is 9.84 Å². The Labute approximate surface area is 166 Å². The maximum atomic E-state index is 11.7. The van der Waals surface area contributed by atoms with Crippen molar-refractivity contribution >= 4 is 15.8 Å². The fourth-order valence-electron chi connectivity index (χ4n) is 4.93. The molecule has 0 aromatic heterocycles. The van der Waals surface area contributed by atoms with Gasteiger partial charge in [0.25, 0.3) is 0 Å². The van der Waals surface area contributed by atoms with Crippen LogP contribution in [0.5, 0.6) is 0 Å². The van der Waals surface area contributed by atoms with Crippen LogP contribution in [-0.4, -0.2) is 44.5 Å². The summed E-state index contributed by atoms with van der Waals surface area (Å²) >= 11 is 0. The molecule has 6 heteroatoms.